The molecule has 0 unspecified atom stereocenters. The van der Waals surface area contributed by atoms with Gasteiger partial charge in [-0.3, -0.25) is 9.69 Å². The summed E-state index contributed by atoms with van der Waals surface area (Å²) in [4.78, 5) is 25.3. The Hall–Kier alpha value is -2.64. The summed E-state index contributed by atoms with van der Waals surface area (Å²) in [6.07, 6.45) is 1.65. The van der Waals surface area contributed by atoms with Crippen molar-refractivity contribution in [3.8, 4) is 5.75 Å². The molecular formula is C23H18Br2N2O3. The SMILES string of the molecule is CCN1C(=O)N/C(=C/c2cc(Br)c(OCc3cccc4ccccc34)c(Br)c2)C1=O. The van der Waals surface area contributed by atoms with Gasteiger partial charge >= 0.3 is 6.03 Å². The Morgan fingerprint density at radius 3 is 2.43 bits per heavy atom. The Kier molecular flexibility index (Phi) is 5.92. The van der Waals surface area contributed by atoms with Crippen molar-refractivity contribution in [1.82, 2.24) is 10.2 Å². The number of rotatable bonds is 5. The van der Waals surface area contributed by atoms with E-state index in [2.05, 4.69) is 61.4 Å². The largest absolute Gasteiger partial charge is 0.487 e. The average Bonchev–Trinajstić information content (AvgIpc) is 2.99. The predicted octanol–water partition coefficient (Wildman–Crippen LogP) is 5.86. The third-order valence-corrected chi connectivity index (χ3v) is 6.04. The zero-order valence-electron chi connectivity index (χ0n) is 16.1. The molecule has 0 atom stereocenters. The fourth-order valence-corrected chi connectivity index (χ4v) is 4.85. The molecule has 0 saturated carbocycles. The van der Waals surface area contributed by atoms with E-state index in [0.717, 1.165) is 30.4 Å². The molecule has 30 heavy (non-hydrogen) atoms. The highest BCUT2D eigenvalue weighted by atomic mass is 79.9. The number of urea groups is 1. The van der Waals surface area contributed by atoms with Gasteiger partial charge in [0.15, 0.2) is 0 Å². The number of hydrogen-bond acceptors (Lipinski definition) is 3. The van der Waals surface area contributed by atoms with E-state index in [9.17, 15) is 9.59 Å². The molecule has 1 saturated heterocycles. The number of nitrogens with one attached hydrogen (secondary N) is 1. The standard InChI is InChI=1S/C23H18Br2N2O3/c1-2-27-22(28)20(26-23(27)29)12-14-10-18(24)21(19(25)11-14)30-13-16-8-5-7-15-6-3-4-9-17(15)16/h3-12H,2,13H2,1H3,(H,26,29)/b20-12+. The number of ether oxygens (including phenoxy) is 1. The van der Waals surface area contributed by atoms with Crippen molar-refractivity contribution in [1.29, 1.82) is 0 Å². The van der Waals surface area contributed by atoms with Gasteiger partial charge in [0.1, 0.15) is 18.1 Å². The second-order valence-electron chi connectivity index (χ2n) is 6.78. The lowest BCUT2D eigenvalue weighted by molar-refractivity contribution is -0.122. The molecule has 3 amide bonds. The van der Waals surface area contributed by atoms with Crippen molar-refractivity contribution in [2.24, 2.45) is 0 Å². The summed E-state index contributed by atoms with van der Waals surface area (Å²) in [5, 5.41) is 4.93. The third-order valence-electron chi connectivity index (χ3n) is 4.86. The smallest absolute Gasteiger partial charge is 0.328 e. The van der Waals surface area contributed by atoms with Gasteiger partial charge in [-0.25, -0.2) is 4.79 Å². The second-order valence-corrected chi connectivity index (χ2v) is 8.49. The van der Waals surface area contributed by atoms with Crippen LogP contribution in [-0.2, 0) is 11.4 Å². The van der Waals surface area contributed by atoms with Gasteiger partial charge in [0.05, 0.1) is 8.95 Å². The lowest BCUT2D eigenvalue weighted by Gasteiger charge is -2.13. The zero-order valence-corrected chi connectivity index (χ0v) is 19.3. The van der Waals surface area contributed by atoms with Gasteiger partial charge in [-0.2, -0.15) is 0 Å². The molecule has 5 nitrogen and oxygen atoms in total. The van der Waals surface area contributed by atoms with Crippen molar-refractivity contribution in [2.45, 2.75) is 13.5 Å². The second kappa shape index (κ2) is 8.62. The van der Waals surface area contributed by atoms with Gasteiger partial charge in [-0.05, 0) is 78.9 Å². The molecule has 152 valence electrons. The van der Waals surface area contributed by atoms with Crippen LogP contribution in [0.25, 0.3) is 16.8 Å². The topological polar surface area (TPSA) is 58.6 Å². The summed E-state index contributed by atoms with van der Waals surface area (Å²) in [7, 11) is 0. The number of fused-ring (bicyclic) bond motifs is 1. The van der Waals surface area contributed by atoms with E-state index in [1.54, 1.807) is 13.0 Å². The Bertz CT molecular complexity index is 1160. The van der Waals surface area contributed by atoms with Crippen LogP contribution in [0.1, 0.15) is 18.1 Å². The first-order chi connectivity index (χ1) is 14.5. The van der Waals surface area contributed by atoms with E-state index in [1.165, 1.54) is 5.39 Å². The van der Waals surface area contributed by atoms with Crippen molar-refractivity contribution in [3.05, 3.63) is 80.4 Å². The number of benzene rings is 3. The number of carbonyl (C=O) groups excluding carboxylic acids is 2. The molecule has 0 aliphatic carbocycles. The van der Waals surface area contributed by atoms with Gasteiger partial charge in [-0.15, -0.1) is 0 Å². The highest BCUT2D eigenvalue weighted by Crippen LogP contribution is 2.36. The number of halogens is 2. The molecule has 3 aromatic rings. The molecule has 0 spiro atoms. The maximum atomic E-state index is 12.3. The van der Waals surface area contributed by atoms with E-state index in [0.29, 0.717) is 18.9 Å². The molecule has 1 fully saturated rings. The van der Waals surface area contributed by atoms with Crippen LogP contribution in [0.5, 0.6) is 5.75 Å². The molecule has 7 heteroatoms. The number of hydrogen-bond donors (Lipinski definition) is 1. The molecule has 1 heterocycles. The van der Waals surface area contributed by atoms with Gasteiger partial charge in [0.2, 0.25) is 0 Å². The predicted molar refractivity (Wildman–Crippen MR) is 124 cm³/mol. The maximum Gasteiger partial charge on any atom is 0.328 e. The number of carbonyl (C=O) groups is 2. The number of amides is 3. The van der Waals surface area contributed by atoms with Crippen molar-refractivity contribution in [2.75, 3.05) is 6.54 Å². The van der Waals surface area contributed by atoms with Crippen LogP contribution in [0.2, 0.25) is 0 Å². The summed E-state index contributed by atoms with van der Waals surface area (Å²) < 4.78 is 7.59. The summed E-state index contributed by atoms with van der Waals surface area (Å²) in [5.41, 5.74) is 2.11. The van der Waals surface area contributed by atoms with Gasteiger partial charge < -0.3 is 10.1 Å². The Balaban J connectivity index is 1.57. The van der Waals surface area contributed by atoms with Crippen LogP contribution in [-0.4, -0.2) is 23.4 Å². The summed E-state index contributed by atoms with van der Waals surface area (Å²) in [6.45, 7) is 2.50. The third kappa shape index (κ3) is 4.00. The maximum absolute atomic E-state index is 12.3. The van der Waals surface area contributed by atoms with Crippen molar-refractivity contribution < 1.29 is 14.3 Å². The zero-order chi connectivity index (χ0) is 21.3. The molecule has 3 aromatic carbocycles. The normalized spacial score (nSPS) is 15.2. The number of nitrogens with zero attached hydrogens (tertiary/aromatic N) is 1. The molecular weight excluding hydrogens is 512 g/mol. The van der Waals surface area contributed by atoms with Crippen LogP contribution >= 0.6 is 31.9 Å². The lowest BCUT2D eigenvalue weighted by Crippen LogP contribution is -2.30. The average molecular weight is 530 g/mol. The first-order valence-corrected chi connectivity index (χ1v) is 11.0. The molecule has 1 aliphatic rings. The van der Waals surface area contributed by atoms with Crippen molar-refractivity contribution in [3.63, 3.8) is 0 Å². The first kappa shape index (κ1) is 20.6. The Morgan fingerprint density at radius 2 is 1.73 bits per heavy atom. The minimum Gasteiger partial charge on any atom is -0.487 e. The highest BCUT2D eigenvalue weighted by molar-refractivity contribution is 9.11. The molecule has 1 aliphatic heterocycles. The summed E-state index contributed by atoms with van der Waals surface area (Å²) in [5.74, 6) is 0.341. The summed E-state index contributed by atoms with van der Waals surface area (Å²) >= 11 is 7.11. The van der Waals surface area contributed by atoms with E-state index in [-0.39, 0.29) is 11.6 Å². The minimum absolute atomic E-state index is 0.255. The van der Waals surface area contributed by atoms with Crippen molar-refractivity contribution >= 4 is 60.6 Å². The quantitative estimate of drug-likeness (QED) is 0.333. The first-order valence-electron chi connectivity index (χ1n) is 9.41. The van der Waals surface area contributed by atoms with E-state index >= 15 is 0 Å². The molecule has 4 rings (SSSR count). The molecule has 0 bridgehead atoms. The van der Waals surface area contributed by atoms with Crippen LogP contribution < -0.4 is 10.1 Å². The lowest BCUT2D eigenvalue weighted by atomic mass is 10.1. The fraction of sp³-hybridized carbons (Fsp3) is 0.130. The Labute approximate surface area is 191 Å². The van der Waals surface area contributed by atoms with Crippen LogP contribution in [0.4, 0.5) is 4.79 Å². The van der Waals surface area contributed by atoms with E-state index in [1.807, 2.05) is 30.3 Å². The van der Waals surface area contributed by atoms with Crippen LogP contribution in [0.3, 0.4) is 0 Å². The minimum atomic E-state index is -0.401. The molecule has 1 N–H and O–H groups in total. The number of imide groups is 1. The van der Waals surface area contributed by atoms with Crippen LogP contribution in [0.15, 0.2) is 69.2 Å². The Morgan fingerprint density at radius 1 is 1.03 bits per heavy atom. The van der Waals surface area contributed by atoms with E-state index < -0.39 is 6.03 Å². The monoisotopic (exact) mass is 528 g/mol. The van der Waals surface area contributed by atoms with E-state index in [4.69, 9.17) is 4.74 Å². The highest BCUT2D eigenvalue weighted by Gasteiger charge is 2.32. The summed E-state index contributed by atoms with van der Waals surface area (Å²) in [6, 6.07) is 17.7. The molecule has 0 aromatic heterocycles. The molecule has 0 radical (unpaired) electrons. The van der Waals surface area contributed by atoms with Gasteiger partial charge in [-0.1, -0.05) is 42.5 Å². The fourth-order valence-electron chi connectivity index (χ4n) is 3.39. The number of likely N-dealkylation sites (N-methyl/N-ethyl adjacent to an activating group) is 1. The van der Waals surface area contributed by atoms with Gasteiger partial charge in [0, 0.05) is 6.54 Å². The van der Waals surface area contributed by atoms with Crippen LogP contribution in [0, 0.1) is 0 Å². The van der Waals surface area contributed by atoms with Gasteiger partial charge in [0.25, 0.3) is 5.91 Å².